The van der Waals surface area contributed by atoms with Crippen molar-refractivity contribution in [1.29, 1.82) is 0 Å². The Morgan fingerprint density at radius 1 is 0.595 bits per heavy atom. The topological polar surface area (TPSA) is 38.3 Å². The number of hydrogen-bond donors (Lipinski definition) is 1. The van der Waals surface area contributed by atoms with Crippen molar-refractivity contribution in [1.82, 2.24) is 5.32 Å². The molecule has 0 aliphatic rings. The molecule has 1 amide bonds. The van der Waals surface area contributed by atoms with E-state index < -0.39 is 0 Å². The molecule has 0 radical (unpaired) electrons. The third-order valence-electron chi connectivity index (χ3n) is 6.87. The second-order valence-electron chi connectivity index (χ2n) is 10.5. The second-order valence-corrected chi connectivity index (χ2v) is 10.5. The zero-order valence-electron chi connectivity index (χ0n) is 25.1. The van der Waals surface area contributed by atoms with Gasteiger partial charge in [0.1, 0.15) is 6.10 Å². The summed E-state index contributed by atoms with van der Waals surface area (Å²) in [7, 11) is 0. The normalized spacial score (nSPS) is 12.7. The number of rotatable bonds is 27. The summed E-state index contributed by atoms with van der Waals surface area (Å²) in [5, 5.41) is 2.79. The highest BCUT2D eigenvalue weighted by Crippen LogP contribution is 2.17. The molecule has 0 aliphatic carbocycles. The quantitative estimate of drug-likeness (QED) is 0.0869. The fourth-order valence-corrected chi connectivity index (χ4v) is 4.59. The Morgan fingerprint density at radius 3 is 1.54 bits per heavy atom. The van der Waals surface area contributed by atoms with Crippen LogP contribution in [-0.2, 0) is 4.74 Å². The number of hydrogen-bond acceptors (Lipinski definition) is 2. The van der Waals surface area contributed by atoms with E-state index in [-0.39, 0.29) is 12.2 Å². The summed E-state index contributed by atoms with van der Waals surface area (Å²) in [4.78, 5) is 11.9. The van der Waals surface area contributed by atoms with Crippen LogP contribution < -0.4 is 5.32 Å². The molecule has 0 aromatic heterocycles. The third-order valence-corrected chi connectivity index (χ3v) is 6.87. The van der Waals surface area contributed by atoms with Crippen LogP contribution in [0.15, 0.2) is 36.5 Å². The number of allylic oxidation sites excluding steroid dienone is 6. The maximum Gasteiger partial charge on any atom is 0.407 e. The number of amides is 1. The first-order valence-corrected chi connectivity index (χ1v) is 16.1. The average molecular weight is 518 g/mol. The molecule has 0 aromatic carbocycles. The van der Waals surface area contributed by atoms with Gasteiger partial charge in [-0.2, -0.15) is 0 Å². The summed E-state index contributed by atoms with van der Waals surface area (Å²) < 4.78 is 5.72. The molecular formula is C34H63NO2. The Morgan fingerprint density at radius 2 is 1.05 bits per heavy atom. The van der Waals surface area contributed by atoms with Crippen molar-refractivity contribution in [2.75, 3.05) is 6.54 Å². The van der Waals surface area contributed by atoms with Gasteiger partial charge in [-0.05, 0) is 84.0 Å². The van der Waals surface area contributed by atoms with Gasteiger partial charge in [-0.1, -0.05) is 115 Å². The van der Waals surface area contributed by atoms with Gasteiger partial charge >= 0.3 is 6.09 Å². The van der Waals surface area contributed by atoms with Crippen molar-refractivity contribution < 1.29 is 9.53 Å². The first kappa shape index (κ1) is 35.5. The van der Waals surface area contributed by atoms with E-state index in [9.17, 15) is 4.79 Å². The van der Waals surface area contributed by atoms with Crippen molar-refractivity contribution in [3.8, 4) is 0 Å². The summed E-state index contributed by atoms with van der Waals surface area (Å²) >= 11 is 0. The minimum absolute atomic E-state index is 0.0806. The minimum atomic E-state index is -0.243. The van der Waals surface area contributed by atoms with Crippen LogP contribution >= 0.6 is 0 Å². The lowest BCUT2D eigenvalue weighted by Gasteiger charge is -2.18. The van der Waals surface area contributed by atoms with Gasteiger partial charge in [-0.15, -0.1) is 0 Å². The molecule has 0 bridgehead atoms. The van der Waals surface area contributed by atoms with E-state index in [1.807, 2.05) is 6.92 Å². The molecule has 37 heavy (non-hydrogen) atoms. The van der Waals surface area contributed by atoms with Crippen LogP contribution in [0, 0.1) is 0 Å². The Labute approximate surface area is 232 Å². The summed E-state index contributed by atoms with van der Waals surface area (Å²) in [6.45, 7) is 7.01. The van der Waals surface area contributed by atoms with E-state index in [0.29, 0.717) is 6.54 Å². The van der Waals surface area contributed by atoms with Crippen molar-refractivity contribution >= 4 is 6.09 Å². The minimum Gasteiger partial charge on any atom is -0.446 e. The molecule has 216 valence electrons. The maximum absolute atomic E-state index is 11.9. The molecule has 0 rings (SSSR count). The van der Waals surface area contributed by atoms with E-state index in [1.165, 1.54) is 116 Å². The Kier molecular flexibility index (Phi) is 29.5. The Hall–Kier alpha value is -1.51. The average Bonchev–Trinajstić information content (AvgIpc) is 2.89. The molecular weight excluding hydrogens is 454 g/mol. The molecule has 3 nitrogen and oxygen atoms in total. The summed E-state index contributed by atoms with van der Waals surface area (Å²) in [5.41, 5.74) is 0. The lowest BCUT2D eigenvalue weighted by molar-refractivity contribution is 0.0845. The van der Waals surface area contributed by atoms with Gasteiger partial charge in [-0.25, -0.2) is 4.79 Å². The first-order valence-electron chi connectivity index (χ1n) is 16.1. The molecule has 0 spiro atoms. The van der Waals surface area contributed by atoms with Crippen LogP contribution in [0.5, 0.6) is 0 Å². The number of nitrogens with one attached hydrogen (secondary N) is 1. The van der Waals surface area contributed by atoms with Gasteiger partial charge < -0.3 is 10.1 Å². The lowest BCUT2D eigenvalue weighted by atomic mass is 10.0. The van der Waals surface area contributed by atoms with Crippen LogP contribution in [0.2, 0.25) is 0 Å². The molecule has 0 aliphatic heterocycles. The SMILES string of the molecule is CC/C=C\CCCCCCCC(CCCCCCCCC/C=C\C/C=C\CCCCC)OC(=O)NCC. The van der Waals surface area contributed by atoms with Crippen LogP contribution in [0.3, 0.4) is 0 Å². The van der Waals surface area contributed by atoms with Crippen molar-refractivity contribution in [3.05, 3.63) is 36.5 Å². The fourth-order valence-electron chi connectivity index (χ4n) is 4.59. The van der Waals surface area contributed by atoms with E-state index >= 15 is 0 Å². The van der Waals surface area contributed by atoms with Crippen molar-refractivity contribution in [2.24, 2.45) is 0 Å². The molecule has 0 fully saturated rings. The third kappa shape index (κ3) is 28.9. The molecule has 1 unspecified atom stereocenters. The highest BCUT2D eigenvalue weighted by atomic mass is 16.6. The molecule has 0 saturated heterocycles. The smallest absolute Gasteiger partial charge is 0.407 e. The Balaban J connectivity index is 3.76. The highest BCUT2D eigenvalue weighted by Gasteiger charge is 2.13. The van der Waals surface area contributed by atoms with Crippen LogP contribution in [-0.4, -0.2) is 18.7 Å². The van der Waals surface area contributed by atoms with Crippen molar-refractivity contribution in [3.63, 3.8) is 0 Å². The van der Waals surface area contributed by atoms with Gasteiger partial charge in [0.2, 0.25) is 0 Å². The number of ether oxygens (including phenoxy) is 1. The molecule has 1 N–H and O–H groups in total. The van der Waals surface area contributed by atoms with Crippen LogP contribution in [0.1, 0.15) is 162 Å². The summed E-state index contributed by atoms with van der Waals surface area (Å²) in [6.07, 6.45) is 41.0. The van der Waals surface area contributed by atoms with E-state index in [0.717, 1.165) is 25.7 Å². The number of alkyl carbamates (subject to hydrolysis) is 1. The molecule has 0 aromatic rings. The van der Waals surface area contributed by atoms with Crippen LogP contribution in [0.4, 0.5) is 4.79 Å². The van der Waals surface area contributed by atoms with E-state index in [1.54, 1.807) is 0 Å². The van der Waals surface area contributed by atoms with Crippen LogP contribution in [0.25, 0.3) is 0 Å². The van der Waals surface area contributed by atoms with Crippen molar-refractivity contribution in [2.45, 2.75) is 168 Å². The molecule has 0 saturated carbocycles. The molecule has 3 heteroatoms. The second kappa shape index (κ2) is 30.7. The van der Waals surface area contributed by atoms with Gasteiger partial charge in [0.15, 0.2) is 0 Å². The first-order chi connectivity index (χ1) is 18.2. The van der Waals surface area contributed by atoms with Gasteiger partial charge in [0, 0.05) is 6.54 Å². The fraction of sp³-hybridized carbons (Fsp3) is 0.794. The number of carbonyl (C=O) groups excluding carboxylic acids is 1. The summed E-state index contributed by atoms with van der Waals surface area (Å²) in [5.74, 6) is 0. The van der Waals surface area contributed by atoms with Gasteiger partial charge in [-0.3, -0.25) is 0 Å². The predicted molar refractivity (Wildman–Crippen MR) is 164 cm³/mol. The summed E-state index contributed by atoms with van der Waals surface area (Å²) in [6, 6.07) is 0. The predicted octanol–water partition coefficient (Wildman–Crippen LogP) is 11.4. The Bertz CT molecular complexity index is 552. The molecule has 1 atom stereocenters. The standard InChI is InChI=1S/C34H63NO2/c1-4-7-9-11-13-15-16-17-18-19-20-21-22-24-26-28-30-32-33(37-34(36)35-6-3)31-29-27-25-23-14-12-10-8-5-2/h8,10,13,15,17-18,33H,4-7,9,11-12,14,16,19-32H2,1-3H3,(H,35,36)/b10-8-,15-13-,18-17-. The zero-order chi connectivity index (χ0) is 27.1. The van der Waals surface area contributed by atoms with E-state index in [2.05, 4.69) is 55.6 Å². The lowest BCUT2D eigenvalue weighted by Crippen LogP contribution is -2.28. The van der Waals surface area contributed by atoms with Gasteiger partial charge in [0.05, 0.1) is 0 Å². The highest BCUT2D eigenvalue weighted by molar-refractivity contribution is 5.67. The molecule has 0 heterocycles. The number of carbonyl (C=O) groups is 1. The monoisotopic (exact) mass is 517 g/mol. The van der Waals surface area contributed by atoms with Gasteiger partial charge in [0.25, 0.3) is 0 Å². The largest absolute Gasteiger partial charge is 0.446 e. The van der Waals surface area contributed by atoms with E-state index in [4.69, 9.17) is 4.74 Å². The maximum atomic E-state index is 11.9. The zero-order valence-corrected chi connectivity index (χ0v) is 25.1. The number of unbranched alkanes of at least 4 members (excludes halogenated alkanes) is 15.